The van der Waals surface area contributed by atoms with Crippen molar-refractivity contribution in [3.8, 4) is 0 Å². The van der Waals surface area contributed by atoms with Gasteiger partial charge in [-0.1, -0.05) is 20.3 Å². The van der Waals surface area contributed by atoms with Gasteiger partial charge in [0.1, 0.15) is 0 Å². The van der Waals surface area contributed by atoms with Crippen molar-refractivity contribution in [3.63, 3.8) is 0 Å². The van der Waals surface area contributed by atoms with E-state index in [1.165, 1.54) is 29.8 Å². The molecule has 1 saturated heterocycles. The minimum absolute atomic E-state index is 0.375. The Morgan fingerprint density at radius 1 is 1.38 bits per heavy atom. The first kappa shape index (κ1) is 16.7. The van der Waals surface area contributed by atoms with E-state index in [1.54, 1.807) is 0 Å². The number of aryl methyl sites for hydroxylation is 1. The molecule has 1 N–H and O–H groups in total. The second-order valence-electron chi connectivity index (χ2n) is 5.77. The van der Waals surface area contributed by atoms with E-state index >= 15 is 0 Å². The molecular weight excluding hydrogens is 282 g/mol. The highest BCUT2D eigenvalue weighted by Gasteiger charge is 2.19. The summed E-state index contributed by atoms with van der Waals surface area (Å²) in [6.45, 7) is 8.19. The Balaban J connectivity index is 1.99. The highest BCUT2D eigenvalue weighted by atomic mass is 32.1. The van der Waals surface area contributed by atoms with Crippen LogP contribution in [0.3, 0.4) is 0 Å². The van der Waals surface area contributed by atoms with Gasteiger partial charge in [-0.3, -0.25) is 0 Å². The van der Waals surface area contributed by atoms with E-state index < -0.39 is 0 Å². The number of anilines is 1. The van der Waals surface area contributed by atoms with Crippen LogP contribution in [0.2, 0.25) is 0 Å². The van der Waals surface area contributed by atoms with Crippen molar-refractivity contribution in [1.29, 1.82) is 0 Å². The molecule has 1 aromatic heterocycles. The van der Waals surface area contributed by atoms with Gasteiger partial charge >= 0.3 is 0 Å². The standard InChI is InChI=1S/C16H29N3OS/c1-4-8-14-15(11-17-5-2)21-16(18-14)19(3)12-13-9-6-7-10-20-13/h13,17H,4-12H2,1-3H3. The Morgan fingerprint density at radius 3 is 2.90 bits per heavy atom. The van der Waals surface area contributed by atoms with Crippen LogP contribution in [0.5, 0.6) is 0 Å². The summed E-state index contributed by atoms with van der Waals surface area (Å²) in [5.41, 5.74) is 1.27. The minimum atomic E-state index is 0.375. The second-order valence-corrected chi connectivity index (χ2v) is 6.83. The highest BCUT2D eigenvalue weighted by Crippen LogP contribution is 2.27. The third-order valence-electron chi connectivity index (χ3n) is 3.87. The van der Waals surface area contributed by atoms with Gasteiger partial charge in [0.05, 0.1) is 11.8 Å². The zero-order valence-corrected chi connectivity index (χ0v) is 14.5. The summed E-state index contributed by atoms with van der Waals surface area (Å²) in [5, 5.41) is 4.56. The molecule has 0 amide bonds. The van der Waals surface area contributed by atoms with Crippen molar-refractivity contribution in [3.05, 3.63) is 10.6 Å². The lowest BCUT2D eigenvalue weighted by Gasteiger charge is -2.27. The van der Waals surface area contributed by atoms with Crippen LogP contribution in [0.4, 0.5) is 5.13 Å². The lowest BCUT2D eigenvalue weighted by atomic mass is 10.1. The van der Waals surface area contributed by atoms with Crippen molar-refractivity contribution in [2.75, 3.05) is 31.6 Å². The van der Waals surface area contributed by atoms with Gasteiger partial charge in [-0.2, -0.15) is 0 Å². The van der Waals surface area contributed by atoms with Gasteiger partial charge in [0.15, 0.2) is 5.13 Å². The zero-order valence-electron chi connectivity index (χ0n) is 13.7. The molecule has 2 heterocycles. The zero-order chi connectivity index (χ0) is 15.1. The molecule has 120 valence electrons. The Kier molecular flexibility index (Phi) is 6.93. The molecule has 0 spiro atoms. The molecule has 0 bridgehead atoms. The fourth-order valence-corrected chi connectivity index (χ4v) is 3.72. The molecule has 5 heteroatoms. The lowest BCUT2D eigenvalue weighted by molar-refractivity contribution is 0.0216. The maximum atomic E-state index is 5.84. The summed E-state index contributed by atoms with van der Waals surface area (Å²) in [7, 11) is 2.14. The molecule has 4 nitrogen and oxygen atoms in total. The van der Waals surface area contributed by atoms with E-state index in [2.05, 4.69) is 31.1 Å². The average molecular weight is 311 g/mol. The van der Waals surface area contributed by atoms with Crippen LogP contribution >= 0.6 is 11.3 Å². The molecule has 0 radical (unpaired) electrons. The van der Waals surface area contributed by atoms with Gasteiger partial charge in [0, 0.05) is 31.6 Å². The number of rotatable bonds is 8. The van der Waals surface area contributed by atoms with Crippen LogP contribution < -0.4 is 10.2 Å². The third kappa shape index (κ3) is 4.94. The maximum absolute atomic E-state index is 5.84. The SMILES string of the molecule is CCCc1nc(N(C)CC2CCCCO2)sc1CNCC. The predicted octanol–water partition coefficient (Wildman–Crippen LogP) is 3.21. The first-order chi connectivity index (χ1) is 10.2. The number of aromatic nitrogens is 1. The van der Waals surface area contributed by atoms with Gasteiger partial charge in [-0.25, -0.2) is 4.98 Å². The fraction of sp³-hybridized carbons (Fsp3) is 0.812. The predicted molar refractivity (Wildman–Crippen MR) is 90.4 cm³/mol. The Labute approximate surface area is 132 Å². The van der Waals surface area contributed by atoms with Crippen LogP contribution in [0.15, 0.2) is 0 Å². The molecule has 0 aromatic carbocycles. The van der Waals surface area contributed by atoms with E-state index in [0.29, 0.717) is 6.10 Å². The van der Waals surface area contributed by atoms with Crippen LogP contribution in [0.25, 0.3) is 0 Å². The van der Waals surface area contributed by atoms with E-state index in [9.17, 15) is 0 Å². The van der Waals surface area contributed by atoms with E-state index in [4.69, 9.17) is 9.72 Å². The molecule has 21 heavy (non-hydrogen) atoms. The van der Waals surface area contributed by atoms with Crippen molar-refractivity contribution in [2.24, 2.45) is 0 Å². The van der Waals surface area contributed by atoms with Gasteiger partial charge in [-0.15, -0.1) is 11.3 Å². The molecule has 1 atom stereocenters. The van der Waals surface area contributed by atoms with E-state index in [1.807, 2.05) is 11.3 Å². The molecular formula is C16H29N3OS. The Hall–Kier alpha value is -0.650. The summed E-state index contributed by atoms with van der Waals surface area (Å²) >= 11 is 1.83. The van der Waals surface area contributed by atoms with Crippen LogP contribution in [-0.2, 0) is 17.7 Å². The number of hydrogen-bond acceptors (Lipinski definition) is 5. The summed E-state index contributed by atoms with van der Waals surface area (Å²) < 4.78 is 5.84. The Bertz CT molecular complexity index is 416. The number of nitrogens with zero attached hydrogens (tertiary/aromatic N) is 2. The monoisotopic (exact) mass is 311 g/mol. The minimum Gasteiger partial charge on any atom is -0.376 e. The summed E-state index contributed by atoms with van der Waals surface area (Å²) in [5.74, 6) is 0. The van der Waals surface area contributed by atoms with E-state index in [0.717, 1.165) is 44.2 Å². The van der Waals surface area contributed by atoms with Crippen molar-refractivity contribution in [1.82, 2.24) is 10.3 Å². The van der Waals surface area contributed by atoms with Crippen molar-refractivity contribution >= 4 is 16.5 Å². The van der Waals surface area contributed by atoms with Crippen molar-refractivity contribution < 1.29 is 4.74 Å². The van der Waals surface area contributed by atoms with E-state index in [-0.39, 0.29) is 0 Å². The summed E-state index contributed by atoms with van der Waals surface area (Å²) in [4.78, 5) is 8.53. The average Bonchev–Trinajstić information content (AvgIpc) is 2.90. The van der Waals surface area contributed by atoms with Gasteiger partial charge in [0.2, 0.25) is 0 Å². The number of nitrogens with one attached hydrogen (secondary N) is 1. The molecule has 2 rings (SSSR count). The molecule has 1 fully saturated rings. The summed E-state index contributed by atoms with van der Waals surface area (Å²) in [6.07, 6.45) is 6.29. The quantitative estimate of drug-likeness (QED) is 0.800. The Morgan fingerprint density at radius 2 is 2.24 bits per heavy atom. The first-order valence-corrected chi connectivity index (χ1v) is 9.08. The number of hydrogen-bond donors (Lipinski definition) is 1. The van der Waals surface area contributed by atoms with Crippen LogP contribution in [-0.4, -0.2) is 37.8 Å². The van der Waals surface area contributed by atoms with Gasteiger partial charge in [0.25, 0.3) is 0 Å². The molecule has 0 aliphatic carbocycles. The highest BCUT2D eigenvalue weighted by molar-refractivity contribution is 7.15. The largest absolute Gasteiger partial charge is 0.376 e. The second kappa shape index (κ2) is 8.71. The van der Waals surface area contributed by atoms with Crippen LogP contribution in [0.1, 0.15) is 50.1 Å². The number of ether oxygens (including phenoxy) is 1. The normalized spacial score (nSPS) is 18.9. The lowest BCUT2D eigenvalue weighted by Crippen LogP contribution is -2.33. The number of likely N-dealkylation sites (N-methyl/N-ethyl adjacent to an activating group) is 1. The smallest absolute Gasteiger partial charge is 0.185 e. The molecule has 1 aromatic rings. The maximum Gasteiger partial charge on any atom is 0.185 e. The first-order valence-electron chi connectivity index (χ1n) is 8.26. The molecule has 0 saturated carbocycles. The molecule has 1 aliphatic heterocycles. The number of thiazole rings is 1. The van der Waals surface area contributed by atoms with Crippen molar-refractivity contribution in [2.45, 2.75) is 58.6 Å². The van der Waals surface area contributed by atoms with Crippen LogP contribution in [0, 0.1) is 0 Å². The fourth-order valence-electron chi connectivity index (χ4n) is 2.68. The molecule has 1 aliphatic rings. The molecule has 1 unspecified atom stereocenters. The van der Waals surface area contributed by atoms with Gasteiger partial charge < -0.3 is 15.0 Å². The topological polar surface area (TPSA) is 37.4 Å². The summed E-state index contributed by atoms with van der Waals surface area (Å²) in [6, 6.07) is 0. The van der Waals surface area contributed by atoms with Gasteiger partial charge in [-0.05, 0) is 32.2 Å². The third-order valence-corrected chi connectivity index (χ3v) is 5.08.